The molecule has 180 valence electrons. The number of alkyl halides is 3. The lowest BCUT2D eigenvalue weighted by Gasteiger charge is -2.33. The highest BCUT2D eigenvalue weighted by Crippen LogP contribution is 2.39. The van der Waals surface area contributed by atoms with Crippen molar-refractivity contribution >= 4 is 27.8 Å². The number of carbonyl (C=O) groups excluding carboxylic acids is 1. The zero-order valence-electron chi connectivity index (χ0n) is 17.7. The first-order valence-electron chi connectivity index (χ1n) is 9.64. The molecular formula is C19H25F3N2O7S. The van der Waals surface area contributed by atoms with Gasteiger partial charge in [0.05, 0.1) is 5.56 Å². The second-order valence-corrected chi connectivity index (χ2v) is 9.97. The van der Waals surface area contributed by atoms with Crippen LogP contribution < -0.4 is 9.46 Å². The molecule has 2 rings (SSSR count). The predicted molar refractivity (Wildman–Crippen MR) is 108 cm³/mol. The van der Waals surface area contributed by atoms with E-state index < -0.39 is 62.7 Å². The van der Waals surface area contributed by atoms with Crippen LogP contribution in [0.2, 0.25) is 0 Å². The second kappa shape index (κ2) is 9.43. The number of carboxylic acids is 1. The van der Waals surface area contributed by atoms with Crippen molar-refractivity contribution in [3.05, 3.63) is 23.8 Å². The van der Waals surface area contributed by atoms with E-state index in [1.807, 2.05) is 4.72 Å². The molecule has 9 nitrogen and oxygen atoms in total. The van der Waals surface area contributed by atoms with E-state index in [2.05, 4.69) is 0 Å². The zero-order valence-corrected chi connectivity index (χ0v) is 18.5. The van der Waals surface area contributed by atoms with Gasteiger partial charge in [0.25, 0.3) is 0 Å². The zero-order chi connectivity index (χ0) is 24.3. The SMILES string of the molecule is CC(C)(C)OC(=O)N1CCC(Oc2ccc(NS(=O)(=O)CC(=O)O)cc2C(F)(F)F)CC1. The molecule has 1 saturated heterocycles. The summed E-state index contributed by atoms with van der Waals surface area (Å²) in [6, 6.07) is 2.58. The number of rotatable bonds is 6. The number of aliphatic carboxylic acids is 1. The highest BCUT2D eigenvalue weighted by atomic mass is 32.2. The summed E-state index contributed by atoms with van der Waals surface area (Å²) in [5.41, 5.74) is -2.31. The summed E-state index contributed by atoms with van der Waals surface area (Å²) in [4.78, 5) is 24.1. The number of piperidine rings is 1. The molecule has 0 spiro atoms. The number of halogens is 3. The molecule has 32 heavy (non-hydrogen) atoms. The number of benzene rings is 1. The lowest BCUT2D eigenvalue weighted by molar-refractivity contribution is -0.139. The topological polar surface area (TPSA) is 122 Å². The number of carboxylic acid groups (broad SMARTS) is 1. The highest BCUT2D eigenvalue weighted by molar-refractivity contribution is 7.93. The molecule has 1 aromatic carbocycles. The molecule has 0 aromatic heterocycles. The lowest BCUT2D eigenvalue weighted by atomic mass is 10.1. The Hall–Kier alpha value is -2.70. The molecular weight excluding hydrogens is 457 g/mol. The minimum atomic E-state index is -4.85. The largest absolute Gasteiger partial charge is 0.490 e. The van der Waals surface area contributed by atoms with E-state index in [1.165, 1.54) is 4.90 Å². The van der Waals surface area contributed by atoms with Gasteiger partial charge in [-0.15, -0.1) is 0 Å². The molecule has 1 amide bonds. The van der Waals surface area contributed by atoms with Crippen molar-refractivity contribution in [3.63, 3.8) is 0 Å². The van der Waals surface area contributed by atoms with E-state index in [9.17, 15) is 31.2 Å². The molecule has 0 saturated carbocycles. The quantitative estimate of drug-likeness (QED) is 0.638. The molecule has 2 N–H and O–H groups in total. The van der Waals surface area contributed by atoms with E-state index >= 15 is 0 Å². The molecule has 0 unspecified atom stereocenters. The number of anilines is 1. The van der Waals surface area contributed by atoms with Gasteiger partial charge in [0.1, 0.15) is 17.5 Å². The number of nitrogens with one attached hydrogen (secondary N) is 1. The molecule has 0 radical (unpaired) electrons. The molecule has 1 fully saturated rings. The van der Waals surface area contributed by atoms with Crippen LogP contribution in [0.3, 0.4) is 0 Å². The number of carbonyl (C=O) groups is 2. The Labute approximate surface area is 183 Å². The number of hydrogen-bond acceptors (Lipinski definition) is 6. The van der Waals surface area contributed by atoms with E-state index in [1.54, 1.807) is 20.8 Å². The maximum atomic E-state index is 13.5. The van der Waals surface area contributed by atoms with E-state index in [4.69, 9.17) is 14.6 Å². The van der Waals surface area contributed by atoms with Crippen molar-refractivity contribution in [2.75, 3.05) is 23.6 Å². The number of hydrogen-bond donors (Lipinski definition) is 2. The fourth-order valence-electron chi connectivity index (χ4n) is 2.96. The summed E-state index contributed by atoms with van der Waals surface area (Å²) >= 11 is 0. The van der Waals surface area contributed by atoms with Gasteiger partial charge in [-0.1, -0.05) is 0 Å². The van der Waals surface area contributed by atoms with Crippen LogP contribution in [0.5, 0.6) is 5.75 Å². The average molecular weight is 482 g/mol. The summed E-state index contributed by atoms with van der Waals surface area (Å²) in [5, 5.41) is 8.59. The first-order chi connectivity index (χ1) is 14.6. The van der Waals surface area contributed by atoms with E-state index in [0.29, 0.717) is 6.07 Å². The third-order valence-electron chi connectivity index (χ3n) is 4.26. The first-order valence-corrected chi connectivity index (χ1v) is 11.3. The summed E-state index contributed by atoms with van der Waals surface area (Å²) in [5.74, 6) is -3.43. The van der Waals surface area contributed by atoms with Gasteiger partial charge in [-0.05, 0) is 39.0 Å². The van der Waals surface area contributed by atoms with Crippen LogP contribution in [-0.4, -0.2) is 61.0 Å². The lowest BCUT2D eigenvalue weighted by Crippen LogP contribution is -2.44. The van der Waals surface area contributed by atoms with E-state index in [0.717, 1.165) is 12.1 Å². The van der Waals surface area contributed by atoms with Gasteiger partial charge in [-0.3, -0.25) is 9.52 Å². The second-order valence-electron chi connectivity index (χ2n) is 8.25. The van der Waals surface area contributed by atoms with Gasteiger partial charge in [-0.25, -0.2) is 13.2 Å². The van der Waals surface area contributed by atoms with Gasteiger partial charge >= 0.3 is 18.2 Å². The minimum Gasteiger partial charge on any atom is -0.490 e. The third kappa shape index (κ3) is 7.77. The predicted octanol–water partition coefficient (Wildman–Crippen LogP) is 3.31. The summed E-state index contributed by atoms with van der Waals surface area (Å²) in [6.45, 7) is 5.67. The van der Waals surface area contributed by atoms with E-state index in [-0.39, 0.29) is 25.9 Å². The summed E-state index contributed by atoms with van der Waals surface area (Å²) in [6.07, 6.45) is -5.39. The number of ether oxygens (including phenoxy) is 2. The van der Waals surface area contributed by atoms with Gasteiger partial charge in [0, 0.05) is 31.6 Å². The van der Waals surface area contributed by atoms with Crippen LogP contribution in [-0.2, 0) is 25.7 Å². The maximum Gasteiger partial charge on any atom is 0.420 e. The fourth-order valence-corrected chi connectivity index (χ4v) is 3.84. The molecule has 1 heterocycles. The normalized spacial score (nSPS) is 15.9. The fraction of sp³-hybridized carbons (Fsp3) is 0.579. The molecule has 0 aliphatic carbocycles. The van der Waals surface area contributed by atoms with Crippen molar-refractivity contribution in [3.8, 4) is 5.75 Å². The minimum absolute atomic E-state index is 0.244. The summed E-state index contributed by atoms with van der Waals surface area (Å²) in [7, 11) is -4.37. The average Bonchev–Trinajstić information content (AvgIpc) is 2.59. The number of nitrogens with zero attached hydrogens (tertiary/aromatic N) is 1. The van der Waals surface area contributed by atoms with Crippen LogP contribution in [0.25, 0.3) is 0 Å². The third-order valence-corrected chi connectivity index (χ3v) is 5.43. The van der Waals surface area contributed by atoms with Crippen LogP contribution in [0, 0.1) is 0 Å². The maximum absolute atomic E-state index is 13.5. The van der Waals surface area contributed by atoms with Gasteiger partial charge in [0.2, 0.25) is 10.0 Å². The summed E-state index contributed by atoms with van der Waals surface area (Å²) < 4.78 is 76.6. The van der Waals surface area contributed by atoms with Crippen LogP contribution in [0.15, 0.2) is 18.2 Å². The number of sulfonamides is 1. The molecule has 1 aliphatic rings. The van der Waals surface area contributed by atoms with Crippen molar-refractivity contribution in [1.82, 2.24) is 4.90 Å². The first kappa shape index (κ1) is 25.6. The van der Waals surface area contributed by atoms with Crippen molar-refractivity contribution < 1.29 is 45.8 Å². The van der Waals surface area contributed by atoms with Crippen molar-refractivity contribution in [2.24, 2.45) is 0 Å². The number of amides is 1. The van der Waals surface area contributed by atoms with Crippen molar-refractivity contribution in [2.45, 2.75) is 51.5 Å². The monoisotopic (exact) mass is 482 g/mol. The standard InChI is InChI=1S/C19H25F3N2O7S/c1-18(2,3)31-17(27)24-8-6-13(7-9-24)30-15-5-4-12(10-14(15)19(20,21)22)23-32(28,29)11-16(25)26/h4-5,10,13,23H,6-9,11H2,1-3H3,(H,25,26). The molecule has 1 aliphatic heterocycles. The van der Waals surface area contributed by atoms with Gasteiger partial charge in [0.15, 0.2) is 5.75 Å². The van der Waals surface area contributed by atoms with Gasteiger partial charge < -0.3 is 19.5 Å². The Bertz CT molecular complexity index is 951. The van der Waals surface area contributed by atoms with Crippen LogP contribution in [0.4, 0.5) is 23.7 Å². The Kier molecular flexibility index (Phi) is 7.53. The Morgan fingerprint density at radius 2 is 1.78 bits per heavy atom. The molecule has 13 heteroatoms. The van der Waals surface area contributed by atoms with Crippen LogP contribution in [0.1, 0.15) is 39.2 Å². The van der Waals surface area contributed by atoms with Crippen molar-refractivity contribution in [1.29, 1.82) is 0 Å². The van der Waals surface area contributed by atoms with Crippen LogP contribution >= 0.6 is 0 Å². The molecule has 0 bridgehead atoms. The van der Waals surface area contributed by atoms with Gasteiger partial charge in [-0.2, -0.15) is 13.2 Å². The Morgan fingerprint density at radius 3 is 2.28 bits per heavy atom. The molecule has 0 atom stereocenters. The smallest absolute Gasteiger partial charge is 0.420 e. The highest BCUT2D eigenvalue weighted by Gasteiger charge is 2.36. The number of likely N-dealkylation sites (tertiary alicyclic amines) is 1. The Balaban J connectivity index is 2.10. The molecule has 1 aromatic rings. The Morgan fingerprint density at radius 1 is 1.19 bits per heavy atom.